The lowest BCUT2D eigenvalue weighted by molar-refractivity contribution is 0.0991. The number of aromatic nitrogens is 2. The minimum Gasteiger partial charge on any atom is -0.395 e. The Bertz CT molecular complexity index is 1430. The first kappa shape index (κ1) is 30.0. The topological polar surface area (TPSA) is 176 Å². The molecule has 0 aliphatic carbocycles. The van der Waals surface area contributed by atoms with Gasteiger partial charge in [-0.3, -0.25) is 9.59 Å². The lowest BCUT2D eigenvalue weighted by Crippen LogP contribution is -2.17. The number of carbonyl (C=O) groups is 2. The van der Waals surface area contributed by atoms with Gasteiger partial charge in [0.2, 0.25) is 0 Å². The Hall–Kier alpha value is -2.94. The molecule has 4 rings (SSSR count). The molecule has 4 aromatic rings. The number of nitrogens with one attached hydrogen (secondary N) is 2. The molecule has 0 atom stereocenters. The molecule has 0 radical (unpaired) electrons. The minimum absolute atomic E-state index is 0.0406. The van der Waals surface area contributed by atoms with E-state index in [0.29, 0.717) is 69.9 Å². The van der Waals surface area contributed by atoms with Crippen LogP contribution in [0.3, 0.4) is 0 Å². The van der Waals surface area contributed by atoms with Crippen molar-refractivity contribution in [3.8, 4) is 33.6 Å². The van der Waals surface area contributed by atoms with Gasteiger partial charge in [0.05, 0.1) is 34.6 Å². The summed E-state index contributed by atoms with van der Waals surface area (Å²) >= 11 is 16.2. The predicted molar refractivity (Wildman–Crippen MR) is 159 cm³/mol. The Morgan fingerprint density at radius 2 is 1.10 bits per heavy atom. The summed E-state index contributed by atoms with van der Waals surface area (Å²) in [6.45, 7) is 1.37. The molecule has 0 spiro atoms. The Morgan fingerprint density at radius 3 is 1.45 bits per heavy atom. The third-order valence-corrected chi connectivity index (χ3v) is 8.72. The van der Waals surface area contributed by atoms with Crippen molar-refractivity contribution in [2.45, 2.75) is 13.1 Å². The quantitative estimate of drug-likeness (QED) is 0.123. The second-order valence-corrected chi connectivity index (χ2v) is 11.4. The first-order valence-corrected chi connectivity index (χ1v) is 14.5. The number of nitrogens with two attached hydrogens (primary N) is 2. The molecule has 2 heterocycles. The number of hydrogen-bond donors (Lipinski definition) is 6. The first-order valence-electron chi connectivity index (χ1n) is 12.1. The van der Waals surface area contributed by atoms with Crippen LogP contribution in [0, 0.1) is 0 Å². The number of amides is 2. The molecule has 210 valence electrons. The first-order chi connectivity index (χ1) is 19.3. The fourth-order valence-corrected chi connectivity index (χ4v) is 6.41. The van der Waals surface area contributed by atoms with Gasteiger partial charge in [0, 0.05) is 58.2 Å². The Labute approximate surface area is 248 Å². The van der Waals surface area contributed by atoms with Crippen molar-refractivity contribution in [2.75, 3.05) is 26.3 Å². The fourth-order valence-electron chi connectivity index (χ4n) is 3.98. The number of hydrogen-bond acceptors (Lipinski definition) is 10. The van der Waals surface area contributed by atoms with E-state index in [-0.39, 0.29) is 23.2 Å². The van der Waals surface area contributed by atoms with Gasteiger partial charge in [-0.2, -0.15) is 0 Å². The molecule has 2 aromatic carbocycles. The number of primary amides is 2. The van der Waals surface area contributed by atoms with Gasteiger partial charge in [-0.05, 0) is 0 Å². The number of aliphatic hydroxyl groups is 2. The van der Waals surface area contributed by atoms with Crippen LogP contribution in [-0.2, 0) is 13.1 Å². The monoisotopic (exact) mass is 620 g/mol. The van der Waals surface area contributed by atoms with E-state index in [1.54, 1.807) is 12.1 Å². The fraction of sp³-hybridized carbons (Fsp3) is 0.231. The van der Waals surface area contributed by atoms with Crippen molar-refractivity contribution in [1.82, 2.24) is 20.6 Å². The van der Waals surface area contributed by atoms with Crippen molar-refractivity contribution in [1.29, 1.82) is 0 Å². The number of carbonyl (C=O) groups excluding carboxylic acids is 2. The summed E-state index contributed by atoms with van der Waals surface area (Å²) in [7, 11) is 0. The second kappa shape index (κ2) is 13.6. The molecule has 0 bridgehead atoms. The lowest BCUT2D eigenvalue weighted by atomic mass is 9.98. The number of benzene rings is 2. The highest BCUT2D eigenvalue weighted by Gasteiger charge is 2.23. The van der Waals surface area contributed by atoms with Crippen molar-refractivity contribution >= 4 is 57.7 Å². The molecule has 8 N–H and O–H groups in total. The maximum Gasteiger partial charge on any atom is 0.277 e. The molecule has 10 nitrogen and oxygen atoms in total. The Kier molecular flexibility index (Phi) is 10.2. The van der Waals surface area contributed by atoms with E-state index in [1.807, 2.05) is 24.3 Å². The molecule has 0 aliphatic heterocycles. The van der Waals surface area contributed by atoms with Gasteiger partial charge in [-0.1, -0.05) is 59.6 Å². The number of aliphatic hydroxyl groups excluding tert-OH is 2. The van der Waals surface area contributed by atoms with E-state index in [0.717, 1.165) is 32.4 Å². The molecule has 2 amide bonds. The van der Waals surface area contributed by atoms with Crippen LogP contribution in [0.5, 0.6) is 0 Å². The summed E-state index contributed by atoms with van der Waals surface area (Å²) in [5.74, 6) is -1.30. The van der Waals surface area contributed by atoms with Crippen LogP contribution in [0.2, 0.25) is 10.0 Å². The van der Waals surface area contributed by atoms with Crippen LogP contribution in [0.15, 0.2) is 36.4 Å². The second-order valence-electron chi connectivity index (χ2n) is 8.45. The highest BCUT2D eigenvalue weighted by atomic mass is 35.5. The standard InChI is InChI=1S/C26H26Cl2N6O4S2/c27-19-13(3-1-5-15(19)21-17(11-31-7-9-35)39-25(33-21)23(29)37)14-4-2-6-16(20(14)28)22-18(12-32-8-10-36)40-26(34-22)24(30)38/h1-6,31-32,35-36H,7-12H2,(H2,29,37)(H2,30,38). The van der Waals surface area contributed by atoms with E-state index in [2.05, 4.69) is 20.6 Å². The van der Waals surface area contributed by atoms with Gasteiger partial charge in [0.25, 0.3) is 11.8 Å². The van der Waals surface area contributed by atoms with E-state index in [1.165, 1.54) is 0 Å². The normalized spacial score (nSPS) is 11.2. The number of nitrogens with zero attached hydrogens (tertiary/aromatic N) is 2. The Balaban J connectivity index is 1.80. The van der Waals surface area contributed by atoms with E-state index in [4.69, 9.17) is 44.9 Å². The molecule has 0 unspecified atom stereocenters. The summed E-state index contributed by atoms with van der Waals surface area (Å²) in [5, 5.41) is 25.5. The van der Waals surface area contributed by atoms with Gasteiger partial charge in [0.15, 0.2) is 10.0 Å². The average molecular weight is 622 g/mol. The van der Waals surface area contributed by atoms with Gasteiger partial charge in [-0.25, -0.2) is 9.97 Å². The SMILES string of the molecule is NC(=O)c1nc(-c2cccc(-c3cccc(-c4nc(C(N)=O)sc4CNCCO)c3Cl)c2Cl)c(CNCCO)s1. The van der Waals surface area contributed by atoms with Crippen LogP contribution in [-0.4, -0.2) is 58.3 Å². The largest absolute Gasteiger partial charge is 0.395 e. The van der Waals surface area contributed by atoms with E-state index in [9.17, 15) is 9.59 Å². The van der Waals surface area contributed by atoms with Gasteiger partial charge < -0.3 is 32.3 Å². The molecule has 0 saturated heterocycles. The maximum absolute atomic E-state index is 11.9. The zero-order valence-corrected chi connectivity index (χ0v) is 24.2. The molecule has 0 aliphatic rings. The summed E-state index contributed by atoms with van der Waals surface area (Å²) in [4.78, 5) is 34.1. The third-order valence-electron chi connectivity index (χ3n) is 5.76. The van der Waals surface area contributed by atoms with Crippen molar-refractivity contribution < 1.29 is 19.8 Å². The predicted octanol–water partition coefficient (Wildman–Crippen LogP) is 3.27. The smallest absolute Gasteiger partial charge is 0.277 e. The van der Waals surface area contributed by atoms with Gasteiger partial charge >= 0.3 is 0 Å². The van der Waals surface area contributed by atoms with Gasteiger partial charge in [0.1, 0.15) is 0 Å². The van der Waals surface area contributed by atoms with Crippen LogP contribution >= 0.6 is 45.9 Å². The molecule has 14 heteroatoms. The lowest BCUT2D eigenvalue weighted by Gasteiger charge is -2.14. The summed E-state index contributed by atoms with van der Waals surface area (Å²) in [5.41, 5.74) is 14.4. The van der Waals surface area contributed by atoms with Crippen molar-refractivity contribution in [3.63, 3.8) is 0 Å². The van der Waals surface area contributed by atoms with Gasteiger partial charge in [-0.15, -0.1) is 22.7 Å². The number of halogens is 2. The molecule has 0 saturated carbocycles. The Morgan fingerprint density at radius 1 is 0.725 bits per heavy atom. The van der Waals surface area contributed by atoms with E-state index >= 15 is 0 Å². The maximum atomic E-state index is 11.9. The molecular weight excluding hydrogens is 595 g/mol. The molecule has 0 fully saturated rings. The van der Waals surface area contributed by atoms with Crippen LogP contribution in [0.1, 0.15) is 29.4 Å². The minimum atomic E-state index is -0.648. The number of thiazole rings is 2. The molecule has 40 heavy (non-hydrogen) atoms. The van der Waals surface area contributed by atoms with Crippen molar-refractivity contribution in [2.24, 2.45) is 11.5 Å². The van der Waals surface area contributed by atoms with Crippen LogP contribution in [0.4, 0.5) is 0 Å². The summed E-state index contributed by atoms with van der Waals surface area (Å²) in [6, 6.07) is 10.9. The highest BCUT2D eigenvalue weighted by molar-refractivity contribution is 7.14. The number of rotatable bonds is 13. The zero-order chi connectivity index (χ0) is 28.8. The van der Waals surface area contributed by atoms with Crippen molar-refractivity contribution in [3.05, 3.63) is 66.2 Å². The molecule has 2 aromatic heterocycles. The van der Waals surface area contributed by atoms with Crippen LogP contribution in [0.25, 0.3) is 33.6 Å². The average Bonchev–Trinajstić information content (AvgIpc) is 3.55. The molecular formula is C26H26Cl2N6O4S2. The van der Waals surface area contributed by atoms with E-state index < -0.39 is 11.8 Å². The van der Waals surface area contributed by atoms with Crippen LogP contribution < -0.4 is 22.1 Å². The summed E-state index contributed by atoms with van der Waals surface area (Å²) < 4.78 is 0. The highest BCUT2D eigenvalue weighted by Crippen LogP contribution is 2.44. The zero-order valence-electron chi connectivity index (χ0n) is 21.0. The summed E-state index contributed by atoms with van der Waals surface area (Å²) in [6.07, 6.45) is 0. The third kappa shape index (κ3) is 6.51.